The number of likely N-dealkylation sites (N-methyl/N-ethyl adjacent to an activating group) is 1. The van der Waals surface area contributed by atoms with Gasteiger partial charge in [-0.25, -0.2) is 0 Å². The van der Waals surface area contributed by atoms with Gasteiger partial charge in [0, 0.05) is 13.1 Å². The first kappa shape index (κ1) is 14.9. The Balaban J connectivity index is 1.78. The van der Waals surface area contributed by atoms with Crippen molar-refractivity contribution >= 4 is 0 Å². The number of rotatable bonds is 1. The summed E-state index contributed by atoms with van der Waals surface area (Å²) in [5, 5.41) is 0. The molecule has 2 nitrogen and oxygen atoms in total. The number of nitrogens with zero attached hydrogens (tertiary/aromatic N) is 2. The van der Waals surface area contributed by atoms with Crippen LogP contribution >= 0.6 is 0 Å². The number of hydrogen-bond donors (Lipinski definition) is 0. The third kappa shape index (κ3) is 2.82. The highest BCUT2D eigenvalue weighted by Gasteiger charge is 2.33. The average molecular weight is 307 g/mol. The van der Waals surface area contributed by atoms with E-state index in [1.54, 1.807) is 0 Å². The van der Waals surface area contributed by atoms with E-state index in [0.717, 1.165) is 4.48 Å². The Morgan fingerprint density at radius 2 is 1.26 bits per heavy atom. The monoisotopic (exact) mass is 307 g/mol. The second-order valence-corrected chi connectivity index (χ2v) is 7.72. The van der Waals surface area contributed by atoms with E-state index in [2.05, 4.69) is 67.5 Å². The molecule has 0 radical (unpaired) electrons. The van der Waals surface area contributed by atoms with Crippen molar-refractivity contribution in [3.05, 3.63) is 70.8 Å². The van der Waals surface area contributed by atoms with Crippen molar-refractivity contribution in [3.8, 4) is 0 Å². The van der Waals surface area contributed by atoms with Gasteiger partial charge in [-0.05, 0) is 35.1 Å². The largest absolute Gasteiger partial charge is 0.326 e. The Hall–Kier alpha value is -1.64. The summed E-state index contributed by atoms with van der Waals surface area (Å²) in [5.74, 6) is 0. The molecule has 2 aromatic carbocycles. The molecule has 1 aliphatic carbocycles. The fourth-order valence-corrected chi connectivity index (χ4v) is 4.17. The molecule has 1 heterocycles. The van der Waals surface area contributed by atoms with Crippen LogP contribution in [0.2, 0.25) is 0 Å². The molecule has 23 heavy (non-hydrogen) atoms. The van der Waals surface area contributed by atoms with E-state index in [9.17, 15) is 0 Å². The number of benzene rings is 2. The minimum atomic E-state index is 0.435. The van der Waals surface area contributed by atoms with Gasteiger partial charge in [-0.2, -0.15) is 0 Å². The molecule has 0 unspecified atom stereocenters. The van der Waals surface area contributed by atoms with Gasteiger partial charge < -0.3 is 4.48 Å². The maximum atomic E-state index is 2.71. The predicted molar refractivity (Wildman–Crippen MR) is 95.6 cm³/mol. The molecule has 0 saturated carbocycles. The second kappa shape index (κ2) is 5.77. The summed E-state index contributed by atoms with van der Waals surface area (Å²) in [6.45, 7) is 4.84. The van der Waals surface area contributed by atoms with Crippen LogP contribution in [-0.4, -0.2) is 49.7 Å². The number of quaternary nitrogens is 1. The zero-order valence-electron chi connectivity index (χ0n) is 14.3. The van der Waals surface area contributed by atoms with E-state index in [1.807, 2.05) is 0 Å². The molecule has 2 heteroatoms. The van der Waals surface area contributed by atoms with E-state index in [4.69, 9.17) is 0 Å². The van der Waals surface area contributed by atoms with Crippen LogP contribution in [0.1, 0.15) is 28.3 Å². The molecule has 0 spiro atoms. The van der Waals surface area contributed by atoms with Crippen molar-refractivity contribution in [2.45, 2.75) is 18.9 Å². The lowest BCUT2D eigenvalue weighted by Crippen LogP contribution is -2.55. The van der Waals surface area contributed by atoms with Crippen LogP contribution in [0.15, 0.2) is 48.5 Å². The third-order valence-electron chi connectivity index (χ3n) is 5.71. The summed E-state index contributed by atoms with van der Waals surface area (Å²) < 4.78 is 1.15. The topological polar surface area (TPSA) is 3.24 Å². The molecule has 0 atom stereocenters. The Labute approximate surface area is 139 Å². The fraction of sp³-hybridized carbons (Fsp3) is 0.429. The molecule has 0 N–H and O–H groups in total. The molecule has 1 aliphatic heterocycles. The molecule has 0 aromatic heterocycles. The van der Waals surface area contributed by atoms with Crippen molar-refractivity contribution in [3.63, 3.8) is 0 Å². The van der Waals surface area contributed by atoms with Gasteiger partial charge in [0.25, 0.3) is 0 Å². The van der Waals surface area contributed by atoms with Crippen LogP contribution in [0, 0.1) is 0 Å². The first-order chi connectivity index (χ1) is 11.1. The van der Waals surface area contributed by atoms with E-state index in [0.29, 0.717) is 6.04 Å². The van der Waals surface area contributed by atoms with Gasteiger partial charge in [0.1, 0.15) is 0 Å². The molecule has 4 rings (SSSR count). The molecule has 0 amide bonds. The number of aryl methyl sites for hydroxylation is 2. The normalized spacial score (nSPS) is 21.3. The third-order valence-corrected chi connectivity index (χ3v) is 5.71. The number of fused-ring (bicyclic) bond motifs is 2. The van der Waals surface area contributed by atoms with E-state index < -0.39 is 0 Å². The standard InChI is InChI=1S/C21H27N2/c1-23(2)15-13-22(14-16-23)21-19-9-5-3-7-17(19)11-12-18-8-4-6-10-20(18)21/h3-10,21H,11-16H2,1-2H3/q+1. The van der Waals surface area contributed by atoms with Gasteiger partial charge in [-0.1, -0.05) is 48.5 Å². The Kier molecular flexibility index (Phi) is 3.74. The zero-order valence-corrected chi connectivity index (χ0v) is 14.3. The fourth-order valence-electron chi connectivity index (χ4n) is 4.17. The van der Waals surface area contributed by atoms with Crippen LogP contribution < -0.4 is 0 Å². The highest BCUT2D eigenvalue weighted by molar-refractivity contribution is 5.44. The summed E-state index contributed by atoms with van der Waals surface area (Å²) >= 11 is 0. The predicted octanol–water partition coefficient (Wildman–Crippen LogP) is 3.27. The molecule has 1 fully saturated rings. The summed E-state index contributed by atoms with van der Waals surface area (Å²) in [7, 11) is 4.71. The first-order valence-electron chi connectivity index (χ1n) is 8.86. The minimum Gasteiger partial charge on any atom is -0.326 e. The molecular formula is C21H27N2+. The molecule has 120 valence electrons. The number of hydrogen-bond acceptors (Lipinski definition) is 1. The summed E-state index contributed by atoms with van der Waals surface area (Å²) in [6, 6.07) is 18.6. The van der Waals surface area contributed by atoms with Crippen LogP contribution in [0.25, 0.3) is 0 Å². The van der Waals surface area contributed by atoms with Gasteiger partial charge in [0.05, 0.1) is 33.2 Å². The number of piperazine rings is 1. The molecule has 2 aliphatic rings. The zero-order chi connectivity index (χ0) is 15.9. The summed E-state index contributed by atoms with van der Waals surface area (Å²) in [5.41, 5.74) is 6.13. The van der Waals surface area contributed by atoms with Crippen LogP contribution in [0.5, 0.6) is 0 Å². The van der Waals surface area contributed by atoms with Gasteiger partial charge in [0.15, 0.2) is 0 Å². The van der Waals surface area contributed by atoms with E-state index in [1.165, 1.54) is 61.3 Å². The second-order valence-electron chi connectivity index (χ2n) is 7.72. The SMILES string of the molecule is C[N+]1(C)CCN(C2c3ccccc3CCc3ccccc32)CC1. The van der Waals surface area contributed by atoms with E-state index >= 15 is 0 Å². The maximum absolute atomic E-state index is 2.71. The smallest absolute Gasteiger partial charge is 0.0912 e. The summed E-state index contributed by atoms with van der Waals surface area (Å²) in [4.78, 5) is 2.71. The van der Waals surface area contributed by atoms with E-state index in [-0.39, 0.29) is 0 Å². The maximum Gasteiger partial charge on any atom is 0.0912 e. The summed E-state index contributed by atoms with van der Waals surface area (Å²) in [6.07, 6.45) is 2.33. The first-order valence-corrected chi connectivity index (χ1v) is 8.86. The van der Waals surface area contributed by atoms with Crippen LogP contribution in [-0.2, 0) is 12.8 Å². The van der Waals surface area contributed by atoms with Gasteiger partial charge >= 0.3 is 0 Å². The molecule has 1 saturated heterocycles. The minimum absolute atomic E-state index is 0.435. The van der Waals surface area contributed by atoms with Gasteiger partial charge in [-0.15, -0.1) is 0 Å². The Bertz CT molecular complexity index is 647. The van der Waals surface area contributed by atoms with Gasteiger partial charge in [0.2, 0.25) is 0 Å². The lowest BCUT2D eigenvalue weighted by molar-refractivity contribution is -0.894. The van der Waals surface area contributed by atoms with Crippen molar-refractivity contribution in [1.29, 1.82) is 0 Å². The lowest BCUT2D eigenvalue weighted by atomic mass is 9.92. The molecule has 0 bridgehead atoms. The Morgan fingerprint density at radius 1 is 0.783 bits per heavy atom. The Morgan fingerprint density at radius 3 is 1.78 bits per heavy atom. The van der Waals surface area contributed by atoms with Crippen molar-refractivity contribution in [2.24, 2.45) is 0 Å². The van der Waals surface area contributed by atoms with Crippen molar-refractivity contribution in [1.82, 2.24) is 4.90 Å². The van der Waals surface area contributed by atoms with Crippen LogP contribution in [0.3, 0.4) is 0 Å². The molecular weight excluding hydrogens is 280 g/mol. The van der Waals surface area contributed by atoms with Gasteiger partial charge in [-0.3, -0.25) is 4.90 Å². The highest BCUT2D eigenvalue weighted by atomic mass is 15.4. The quantitative estimate of drug-likeness (QED) is 0.731. The average Bonchev–Trinajstić information content (AvgIpc) is 2.72. The van der Waals surface area contributed by atoms with Crippen LogP contribution in [0.4, 0.5) is 0 Å². The van der Waals surface area contributed by atoms with Crippen molar-refractivity contribution in [2.75, 3.05) is 40.3 Å². The van der Waals surface area contributed by atoms with Crippen molar-refractivity contribution < 1.29 is 4.48 Å². The lowest BCUT2D eigenvalue weighted by Gasteiger charge is -2.43. The molecule has 2 aromatic rings. The highest BCUT2D eigenvalue weighted by Crippen LogP contribution is 2.37.